The van der Waals surface area contributed by atoms with Gasteiger partial charge in [0, 0.05) is 32.7 Å². The quantitative estimate of drug-likeness (QED) is 0.848. The molecule has 2 amide bonds. The number of hydrogen-bond acceptors (Lipinski definition) is 4. The predicted molar refractivity (Wildman–Crippen MR) is 90.7 cm³/mol. The first-order valence-corrected chi connectivity index (χ1v) is 8.88. The van der Waals surface area contributed by atoms with Crippen LogP contribution in [0.3, 0.4) is 0 Å². The molecule has 0 aliphatic carbocycles. The number of alkyl halides is 3. The summed E-state index contributed by atoms with van der Waals surface area (Å²) in [6, 6.07) is 4.38. The van der Waals surface area contributed by atoms with Crippen molar-refractivity contribution in [1.29, 1.82) is 0 Å². The van der Waals surface area contributed by atoms with Gasteiger partial charge in [-0.15, -0.1) is 0 Å². The Hall–Kier alpha value is -2.13. The second-order valence-corrected chi connectivity index (χ2v) is 6.67. The van der Waals surface area contributed by atoms with E-state index in [0.717, 1.165) is 12.1 Å². The van der Waals surface area contributed by atoms with Crippen molar-refractivity contribution in [1.82, 2.24) is 15.1 Å². The standard InChI is InChI=1S/C18H22F3N3O3/c19-18(20,21)14-3-1-2-13(10-14)12-24-5-4-22-17(26)15(24)11-16(25)23-6-8-27-9-7-23/h1-3,10,15H,4-9,11-12H2,(H,22,26). The van der Waals surface area contributed by atoms with Gasteiger partial charge >= 0.3 is 6.18 Å². The van der Waals surface area contributed by atoms with E-state index in [1.54, 1.807) is 15.9 Å². The van der Waals surface area contributed by atoms with E-state index in [-0.39, 0.29) is 24.8 Å². The molecular formula is C18H22F3N3O3. The lowest BCUT2D eigenvalue weighted by Crippen LogP contribution is -2.56. The molecule has 0 radical (unpaired) electrons. The van der Waals surface area contributed by atoms with Gasteiger partial charge in [-0.2, -0.15) is 13.2 Å². The zero-order valence-electron chi connectivity index (χ0n) is 14.8. The maximum absolute atomic E-state index is 12.9. The van der Waals surface area contributed by atoms with E-state index in [4.69, 9.17) is 4.74 Å². The molecule has 1 aromatic rings. The van der Waals surface area contributed by atoms with Crippen LogP contribution in [0.2, 0.25) is 0 Å². The smallest absolute Gasteiger partial charge is 0.378 e. The topological polar surface area (TPSA) is 61.9 Å². The largest absolute Gasteiger partial charge is 0.416 e. The van der Waals surface area contributed by atoms with Crippen LogP contribution in [0, 0.1) is 0 Å². The summed E-state index contributed by atoms with van der Waals surface area (Å²) in [6.45, 7) is 2.97. The Kier molecular flexibility index (Phi) is 6.01. The Balaban J connectivity index is 1.70. The monoisotopic (exact) mass is 385 g/mol. The second kappa shape index (κ2) is 8.26. The van der Waals surface area contributed by atoms with Gasteiger partial charge in [-0.25, -0.2) is 0 Å². The number of morpholine rings is 1. The van der Waals surface area contributed by atoms with Crippen LogP contribution in [0.15, 0.2) is 24.3 Å². The molecule has 0 spiro atoms. The van der Waals surface area contributed by atoms with Crippen molar-refractivity contribution >= 4 is 11.8 Å². The lowest BCUT2D eigenvalue weighted by Gasteiger charge is -2.36. The summed E-state index contributed by atoms with van der Waals surface area (Å²) in [6.07, 6.45) is -4.41. The molecule has 6 nitrogen and oxygen atoms in total. The van der Waals surface area contributed by atoms with Crippen LogP contribution in [-0.4, -0.2) is 67.0 Å². The van der Waals surface area contributed by atoms with Gasteiger partial charge in [0.05, 0.1) is 31.2 Å². The van der Waals surface area contributed by atoms with E-state index >= 15 is 0 Å². The van der Waals surface area contributed by atoms with Gasteiger partial charge in [-0.3, -0.25) is 14.5 Å². The molecule has 3 rings (SSSR count). The number of halogens is 3. The normalized spacial score (nSPS) is 21.8. The van der Waals surface area contributed by atoms with E-state index < -0.39 is 17.8 Å². The SMILES string of the molecule is O=C1NCCN(Cc2cccc(C(F)(F)F)c2)C1CC(=O)N1CCOCC1. The molecule has 9 heteroatoms. The van der Waals surface area contributed by atoms with Gasteiger partial charge in [0.1, 0.15) is 0 Å². The van der Waals surface area contributed by atoms with E-state index in [1.807, 2.05) is 0 Å². The number of carbonyl (C=O) groups is 2. The molecule has 1 aromatic carbocycles. The molecule has 0 bridgehead atoms. The number of nitrogens with zero attached hydrogens (tertiary/aromatic N) is 2. The molecule has 148 valence electrons. The Morgan fingerprint density at radius 2 is 1.96 bits per heavy atom. The first kappa shape index (κ1) is 19.6. The van der Waals surface area contributed by atoms with Crippen molar-refractivity contribution in [2.75, 3.05) is 39.4 Å². The van der Waals surface area contributed by atoms with Crippen molar-refractivity contribution in [2.45, 2.75) is 25.2 Å². The number of carbonyl (C=O) groups excluding carboxylic acids is 2. The fourth-order valence-electron chi connectivity index (χ4n) is 3.36. The third kappa shape index (κ3) is 4.98. The first-order valence-electron chi connectivity index (χ1n) is 8.88. The summed E-state index contributed by atoms with van der Waals surface area (Å²) in [7, 11) is 0. The average Bonchev–Trinajstić information content (AvgIpc) is 2.65. The van der Waals surface area contributed by atoms with E-state index in [2.05, 4.69) is 5.32 Å². The molecule has 0 saturated carbocycles. The minimum atomic E-state index is -4.42. The molecule has 2 aliphatic heterocycles. The number of benzene rings is 1. The molecule has 2 fully saturated rings. The van der Waals surface area contributed by atoms with Crippen molar-refractivity contribution < 1.29 is 27.5 Å². The zero-order valence-corrected chi connectivity index (χ0v) is 14.8. The second-order valence-electron chi connectivity index (χ2n) is 6.67. The van der Waals surface area contributed by atoms with Crippen LogP contribution in [-0.2, 0) is 27.0 Å². The maximum atomic E-state index is 12.9. The summed E-state index contributed by atoms with van der Waals surface area (Å²) in [5.41, 5.74) is -0.259. The molecule has 1 atom stereocenters. The van der Waals surface area contributed by atoms with Crippen molar-refractivity contribution in [3.63, 3.8) is 0 Å². The summed E-state index contributed by atoms with van der Waals surface area (Å²) in [5.74, 6) is -0.413. The lowest BCUT2D eigenvalue weighted by molar-refractivity contribution is -0.141. The number of amides is 2. The number of hydrogen-bond donors (Lipinski definition) is 1. The van der Waals surface area contributed by atoms with Gasteiger partial charge in [-0.05, 0) is 11.6 Å². The number of rotatable bonds is 4. The van der Waals surface area contributed by atoms with Crippen LogP contribution < -0.4 is 5.32 Å². The molecule has 1 N–H and O–H groups in total. The van der Waals surface area contributed by atoms with Crippen molar-refractivity contribution in [2.24, 2.45) is 0 Å². The Bertz CT molecular complexity index is 690. The van der Waals surface area contributed by atoms with Gasteiger partial charge in [0.25, 0.3) is 0 Å². The number of nitrogens with one attached hydrogen (secondary N) is 1. The average molecular weight is 385 g/mol. The zero-order chi connectivity index (χ0) is 19.4. The van der Waals surface area contributed by atoms with E-state index in [9.17, 15) is 22.8 Å². The third-order valence-corrected chi connectivity index (χ3v) is 4.81. The highest BCUT2D eigenvalue weighted by atomic mass is 19.4. The van der Waals surface area contributed by atoms with Crippen LogP contribution in [0.1, 0.15) is 17.5 Å². The van der Waals surface area contributed by atoms with Crippen molar-refractivity contribution in [3.8, 4) is 0 Å². The molecule has 0 aromatic heterocycles. The highest BCUT2D eigenvalue weighted by Gasteiger charge is 2.34. The highest BCUT2D eigenvalue weighted by molar-refractivity contribution is 5.88. The lowest BCUT2D eigenvalue weighted by atomic mass is 10.0. The summed E-state index contributed by atoms with van der Waals surface area (Å²) < 4.78 is 44.0. The predicted octanol–water partition coefficient (Wildman–Crippen LogP) is 1.25. The minimum absolute atomic E-state index is 0.00476. The van der Waals surface area contributed by atoms with Gasteiger partial charge < -0.3 is 15.0 Å². The maximum Gasteiger partial charge on any atom is 0.416 e. The summed E-state index contributed by atoms with van der Waals surface area (Å²) >= 11 is 0. The fraction of sp³-hybridized carbons (Fsp3) is 0.556. The Labute approximate surface area is 155 Å². The minimum Gasteiger partial charge on any atom is -0.378 e. The third-order valence-electron chi connectivity index (χ3n) is 4.81. The molecule has 1 unspecified atom stereocenters. The molecular weight excluding hydrogens is 363 g/mol. The Morgan fingerprint density at radius 1 is 1.22 bits per heavy atom. The van der Waals surface area contributed by atoms with Crippen molar-refractivity contribution in [3.05, 3.63) is 35.4 Å². The molecule has 2 saturated heterocycles. The molecule has 27 heavy (non-hydrogen) atoms. The van der Waals surface area contributed by atoms with Gasteiger partial charge in [0.15, 0.2) is 0 Å². The van der Waals surface area contributed by atoms with Gasteiger partial charge in [0.2, 0.25) is 11.8 Å². The Morgan fingerprint density at radius 3 is 2.67 bits per heavy atom. The van der Waals surface area contributed by atoms with Crippen LogP contribution in [0.4, 0.5) is 13.2 Å². The summed E-state index contributed by atoms with van der Waals surface area (Å²) in [5, 5.41) is 2.74. The fourth-order valence-corrected chi connectivity index (χ4v) is 3.36. The van der Waals surface area contributed by atoms with Crippen LogP contribution in [0.5, 0.6) is 0 Å². The summed E-state index contributed by atoms with van der Waals surface area (Å²) in [4.78, 5) is 28.3. The first-order chi connectivity index (χ1) is 12.8. The van der Waals surface area contributed by atoms with Crippen LogP contribution >= 0.6 is 0 Å². The van der Waals surface area contributed by atoms with Crippen LogP contribution in [0.25, 0.3) is 0 Å². The van der Waals surface area contributed by atoms with E-state index in [1.165, 1.54) is 6.07 Å². The number of piperazine rings is 1. The number of ether oxygens (including phenoxy) is 1. The molecule has 2 heterocycles. The molecule has 2 aliphatic rings. The van der Waals surface area contributed by atoms with Gasteiger partial charge in [-0.1, -0.05) is 18.2 Å². The van der Waals surface area contributed by atoms with E-state index in [0.29, 0.717) is 45.0 Å². The highest BCUT2D eigenvalue weighted by Crippen LogP contribution is 2.30.